The van der Waals surface area contributed by atoms with Crippen LogP contribution in [0, 0.1) is 0 Å². The SMILES string of the molecule is CC1(C)c2ccccc2-c2ccc(C3C=C(c4ccccc4)NC(c4ccc5c(ccc6ccc7c(c65)NC(c5ccccc5)S7)c4)=N3)cc21. The van der Waals surface area contributed by atoms with E-state index in [1.807, 2.05) is 11.8 Å². The van der Waals surface area contributed by atoms with Crippen LogP contribution in [0.5, 0.6) is 0 Å². The monoisotopic (exact) mass is 661 g/mol. The van der Waals surface area contributed by atoms with Gasteiger partial charge in [-0.25, -0.2) is 0 Å². The summed E-state index contributed by atoms with van der Waals surface area (Å²) in [6, 6.07) is 52.8. The van der Waals surface area contributed by atoms with E-state index in [1.54, 1.807) is 0 Å². The summed E-state index contributed by atoms with van der Waals surface area (Å²) in [5.41, 5.74) is 12.4. The first-order valence-corrected chi connectivity index (χ1v) is 18.2. The van der Waals surface area contributed by atoms with Crippen LogP contribution in [-0.2, 0) is 5.41 Å². The minimum atomic E-state index is -0.127. The summed E-state index contributed by atoms with van der Waals surface area (Å²) in [6.45, 7) is 4.68. The van der Waals surface area contributed by atoms with Crippen LogP contribution in [0.15, 0.2) is 162 Å². The summed E-state index contributed by atoms with van der Waals surface area (Å²) >= 11 is 1.89. The number of anilines is 1. The van der Waals surface area contributed by atoms with Crippen molar-refractivity contribution in [2.45, 2.75) is 35.6 Å². The molecule has 4 heteroatoms. The normalized spacial score (nSPS) is 18.4. The first-order valence-electron chi connectivity index (χ1n) is 17.4. The second-order valence-electron chi connectivity index (χ2n) is 14.1. The molecule has 2 N–H and O–H groups in total. The second kappa shape index (κ2) is 11.2. The molecule has 2 heterocycles. The smallest absolute Gasteiger partial charge is 0.133 e. The average Bonchev–Trinajstić information content (AvgIpc) is 3.71. The number of nitrogens with zero attached hydrogens (tertiary/aromatic N) is 1. The van der Waals surface area contributed by atoms with Gasteiger partial charge in [0.2, 0.25) is 0 Å². The van der Waals surface area contributed by atoms with Crippen molar-refractivity contribution in [1.29, 1.82) is 0 Å². The molecule has 0 amide bonds. The number of benzene rings is 7. The molecular formula is C46H35N3S. The third-order valence-corrected chi connectivity index (χ3v) is 12.0. The lowest BCUT2D eigenvalue weighted by molar-refractivity contribution is 0.658. The Balaban J connectivity index is 1.06. The van der Waals surface area contributed by atoms with Crippen LogP contribution < -0.4 is 10.6 Å². The van der Waals surface area contributed by atoms with Crippen molar-refractivity contribution in [2.75, 3.05) is 5.32 Å². The topological polar surface area (TPSA) is 36.4 Å². The summed E-state index contributed by atoms with van der Waals surface area (Å²) in [7, 11) is 0. The largest absolute Gasteiger partial charge is 0.368 e. The lowest BCUT2D eigenvalue weighted by Gasteiger charge is -2.25. The van der Waals surface area contributed by atoms with E-state index in [-0.39, 0.29) is 16.8 Å². The molecule has 7 aromatic carbocycles. The zero-order valence-corrected chi connectivity index (χ0v) is 28.8. The number of hydrogen-bond donors (Lipinski definition) is 2. The predicted octanol–water partition coefficient (Wildman–Crippen LogP) is 11.6. The summed E-state index contributed by atoms with van der Waals surface area (Å²) in [6.07, 6.45) is 2.28. The van der Waals surface area contributed by atoms with Gasteiger partial charge in [0.1, 0.15) is 11.2 Å². The molecule has 240 valence electrons. The summed E-state index contributed by atoms with van der Waals surface area (Å²) in [4.78, 5) is 6.70. The molecule has 50 heavy (non-hydrogen) atoms. The number of aliphatic imine (C=N–C) groups is 1. The standard InChI is InChI=1S/C46H35N3S/c1-46(2)37-16-10-9-15-35(37)36-23-19-32(26-38(36)46)40-27-39(28-11-5-3-6-12-28)47-44(48-40)33-20-22-34-31(25-33)18-17-29-21-24-41-43(42(29)34)49-45(50-41)30-13-7-4-8-14-30/h3-27,40,45,49H,1-2H3,(H,47,48). The van der Waals surface area contributed by atoms with Crippen molar-refractivity contribution in [1.82, 2.24) is 5.32 Å². The van der Waals surface area contributed by atoms with Gasteiger partial charge in [-0.3, -0.25) is 4.99 Å². The number of nitrogens with one attached hydrogen (secondary N) is 2. The van der Waals surface area contributed by atoms with Crippen molar-refractivity contribution in [3.05, 3.63) is 185 Å². The van der Waals surface area contributed by atoms with Crippen molar-refractivity contribution in [3.8, 4) is 11.1 Å². The van der Waals surface area contributed by atoms with Gasteiger partial charge >= 0.3 is 0 Å². The molecule has 10 rings (SSSR count). The Bertz CT molecular complexity index is 2550. The van der Waals surface area contributed by atoms with E-state index < -0.39 is 0 Å². The van der Waals surface area contributed by atoms with Crippen LogP contribution in [0.1, 0.15) is 58.6 Å². The Morgan fingerprint density at radius 2 is 1.36 bits per heavy atom. The zero-order valence-electron chi connectivity index (χ0n) is 27.9. The Morgan fingerprint density at radius 1 is 0.620 bits per heavy atom. The van der Waals surface area contributed by atoms with Gasteiger partial charge in [0.15, 0.2) is 0 Å². The summed E-state index contributed by atoms with van der Waals surface area (Å²) in [5.74, 6) is 0.887. The Morgan fingerprint density at radius 3 is 2.22 bits per heavy atom. The van der Waals surface area contributed by atoms with E-state index in [1.165, 1.54) is 65.5 Å². The van der Waals surface area contributed by atoms with Gasteiger partial charge in [-0.15, -0.1) is 0 Å². The molecule has 0 radical (unpaired) electrons. The third kappa shape index (κ3) is 4.63. The number of hydrogen-bond acceptors (Lipinski definition) is 4. The van der Waals surface area contributed by atoms with Crippen LogP contribution in [0.4, 0.5) is 5.69 Å². The van der Waals surface area contributed by atoms with Gasteiger partial charge in [0.05, 0.1) is 11.7 Å². The van der Waals surface area contributed by atoms with Gasteiger partial charge in [-0.1, -0.05) is 159 Å². The molecular weight excluding hydrogens is 627 g/mol. The molecule has 0 spiro atoms. The maximum atomic E-state index is 5.40. The van der Waals surface area contributed by atoms with Crippen LogP contribution in [0.2, 0.25) is 0 Å². The molecule has 2 aliphatic heterocycles. The zero-order chi connectivity index (χ0) is 33.4. The Kier molecular flexibility index (Phi) is 6.59. The van der Waals surface area contributed by atoms with Crippen LogP contribution in [0.3, 0.4) is 0 Å². The molecule has 2 atom stereocenters. The van der Waals surface area contributed by atoms with E-state index >= 15 is 0 Å². The fourth-order valence-corrected chi connectivity index (χ4v) is 9.29. The van der Waals surface area contributed by atoms with Crippen molar-refractivity contribution >= 4 is 50.5 Å². The van der Waals surface area contributed by atoms with E-state index in [2.05, 4.69) is 176 Å². The summed E-state index contributed by atoms with van der Waals surface area (Å²) in [5, 5.41) is 12.8. The highest BCUT2D eigenvalue weighted by Gasteiger charge is 2.36. The molecule has 0 bridgehead atoms. The van der Waals surface area contributed by atoms with Crippen molar-refractivity contribution in [3.63, 3.8) is 0 Å². The summed E-state index contributed by atoms with van der Waals surface area (Å²) < 4.78 is 0. The molecule has 3 aliphatic rings. The first-order chi connectivity index (χ1) is 24.5. The molecule has 7 aromatic rings. The number of amidine groups is 1. The van der Waals surface area contributed by atoms with Crippen molar-refractivity contribution < 1.29 is 0 Å². The average molecular weight is 662 g/mol. The molecule has 3 nitrogen and oxygen atoms in total. The Labute approximate surface area is 296 Å². The third-order valence-electron chi connectivity index (χ3n) is 10.7. The maximum absolute atomic E-state index is 5.40. The lowest BCUT2D eigenvalue weighted by atomic mass is 9.81. The molecule has 2 unspecified atom stereocenters. The number of fused-ring (bicyclic) bond motifs is 8. The maximum Gasteiger partial charge on any atom is 0.133 e. The highest BCUT2D eigenvalue weighted by Crippen LogP contribution is 2.51. The molecule has 0 saturated carbocycles. The quantitative estimate of drug-likeness (QED) is 0.184. The van der Waals surface area contributed by atoms with Crippen LogP contribution in [0.25, 0.3) is 38.4 Å². The van der Waals surface area contributed by atoms with Crippen LogP contribution >= 0.6 is 11.8 Å². The second-order valence-corrected chi connectivity index (χ2v) is 15.2. The van der Waals surface area contributed by atoms with Gasteiger partial charge in [0, 0.05) is 27.0 Å². The predicted molar refractivity (Wildman–Crippen MR) is 211 cm³/mol. The van der Waals surface area contributed by atoms with Gasteiger partial charge in [-0.05, 0) is 73.3 Å². The number of thioether (sulfide) groups is 1. The fourth-order valence-electron chi connectivity index (χ4n) is 8.14. The molecule has 0 aromatic heterocycles. The lowest BCUT2D eigenvalue weighted by Crippen LogP contribution is -2.27. The van der Waals surface area contributed by atoms with E-state index in [9.17, 15) is 0 Å². The molecule has 1 aliphatic carbocycles. The molecule has 0 saturated heterocycles. The van der Waals surface area contributed by atoms with Gasteiger partial charge in [0.25, 0.3) is 0 Å². The minimum Gasteiger partial charge on any atom is -0.368 e. The number of rotatable bonds is 4. The van der Waals surface area contributed by atoms with Crippen molar-refractivity contribution in [2.24, 2.45) is 4.99 Å². The highest BCUT2D eigenvalue weighted by atomic mass is 32.2. The van der Waals surface area contributed by atoms with E-state index in [0.29, 0.717) is 0 Å². The highest BCUT2D eigenvalue weighted by molar-refractivity contribution is 8.00. The Hall–Kier alpha value is -5.58. The van der Waals surface area contributed by atoms with E-state index in [0.717, 1.165) is 22.7 Å². The van der Waals surface area contributed by atoms with Gasteiger partial charge < -0.3 is 10.6 Å². The minimum absolute atomic E-state index is 0.0663. The fraction of sp³-hybridized carbons (Fsp3) is 0.109. The van der Waals surface area contributed by atoms with Gasteiger partial charge in [-0.2, -0.15) is 0 Å². The van der Waals surface area contributed by atoms with Crippen LogP contribution in [-0.4, -0.2) is 5.84 Å². The first kappa shape index (κ1) is 29.3. The van der Waals surface area contributed by atoms with E-state index in [4.69, 9.17) is 4.99 Å². The molecule has 0 fully saturated rings.